The molecule has 4 nitrogen and oxygen atoms in total. The zero-order valence-electron chi connectivity index (χ0n) is 8.83. The van der Waals surface area contributed by atoms with Gasteiger partial charge in [-0.05, 0) is 28.1 Å². The van der Waals surface area contributed by atoms with E-state index in [1.54, 1.807) is 26.4 Å². The lowest BCUT2D eigenvalue weighted by molar-refractivity contribution is 0.356. The molecule has 16 heavy (non-hydrogen) atoms. The van der Waals surface area contributed by atoms with E-state index in [2.05, 4.69) is 20.9 Å². The van der Waals surface area contributed by atoms with Crippen LogP contribution in [0.3, 0.4) is 0 Å². The third-order valence-electron chi connectivity index (χ3n) is 2.30. The van der Waals surface area contributed by atoms with E-state index in [0.717, 1.165) is 5.39 Å². The topological polar surface area (TPSA) is 51.3 Å². The van der Waals surface area contributed by atoms with Crippen LogP contribution in [0.5, 0.6) is 11.5 Å². The summed E-state index contributed by atoms with van der Waals surface area (Å²) in [5.74, 6) is 1.22. The number of nitrogens with one attached hydrogen (secondary N) is 1. The van der Waals surface area contributed by atoms with Crippen LogP contribution >= 0.6 is 15.9 Å². The Labute approximate surface area is 100 Å². The number of fused-ring (bicyclic) bond motifs is 1. The normalized spacial score (nSPS) is 10.4. The van der Waals surface area contributed by atoms with Crippen molar-refractivity contribution < 1.29 is 9.47 Å². The fraction of sp³-hybridized carbons (Fsp3) is 0.182. The van der Waals surface area contributed by atoms with Gasteiger partial charge in [-0.15, -0.1) is 0 Å². The van der Waals surface area contributed by atoms with Gasteiger partial charge in [-0.3, -0.25) is 4.79 Å². The van der Waals surface area contributed by atoms with Crippen LogP contribution in [0.4, 0.5) is 0 Å². The third-order valence-corrected chi connectivity index (χ3v) is 2.89. The molecule has 0 atom stereocenters. The summed E-state index contributed by atoms with van der Waals surface area (Å²) in [7, 11) is 3.13. The first-order valence-electron chi connectivity index (χ1n) is 4.60. The van der Waals surface area contributed by atoms with Crippen LogP contribution in [0.25, 0.3) is 10.9 Å². The second kappa shape index (κ2) is 4.17. The van der Waals surface area contributed by atoms with E-state index in [0.29, 0.717) is 21.5 Å². The second-order valence-corrected chi connectivity index (χ2v) is 4.10. The Kier molecular flexibility index (Phi) is 2.87. The SMILES string of the molecule is COc1cc2cc(Br)c(=O)[nH]c2cc1OC. The smallest absolute Gasteiger partial charge is 0.262 e. The molecule has 2 aromatic rings. The molecule has 1 N–H and O–H groups in total. The van der Waals surface area contributed by atoms with Gasteiger partial charge >= 0.3 is 0 Å². The molecule has 0 aliphatic heterocycles. The van der Waals surface area contributed by atoms with Crippen molar-refractivity contribution in [1.82, 2.24) is 4.98 Å². The van der Waals surface area contributed by atoms with Crippen molar-refractivity contribution in [3.8, 4) is 11.5 Å². The van der Waals surface area contributed by atoms with Crippen molar-refractivity contribution in [3.05, 3.63) is 33.0 Å². The molecule has 1 heterocycles. The van der Waals surface area contributed by atoms with E-state index in [-0.39, 0.29) is 5.56 Å². The highest BCUT2D eigenvalue weighted by molar-refractivity contribution is 9.10. The fourth-order valence-electron chi connectivity index (χ4n) is 1.51. The summed E-state index contributed by atoms with van der Waals surface area (Å²) in [6.07, 6.45) is 0. The minimum absolute atomic E-state index is 0.167. The second-order valence-electron chi connectivity index (χ2n) is 3.24. The van der Waals surface area contributed by atoms with Crippen LogP contribution in [0.2, 0.25) is 0 Å². The highest BCUT2D eigenvalue weighted by atomic mass is 79.9. The van der Waals surface area contributed by atoms with E-state index < -0.39 is 0 Å². The first-order chi connectivity index (χ1) is 7.65. The standard InChI is InChI=1S/C11H10BrNO3/c1-15-9-4-6-3-7(12)11(14)13-8(6)5-10(9)16-2/h3-5H,1-2H3,(H,13,14). The minimum atomic E-state index is -0.167. The number of pyridine rings is 1. The van der Waals surface area contributed by atoms with E-state index in [9.17, 15) is 4.79 Å². The Hall–Kier alpha value is -1.49. The number of ether oxygens (including phenoxy) is 2. The van der Waals surface area contributed by atoms with Gasteiger partial charge in [0, 0.05) is 11.5 Å². The summed E-state index contributed by atoms with van der Waals surface area (Å²) in [5, 5.41) is 0.879. The highest BCUT2D eigenvalue weighted by Crippen LogP contribution is 2.31. The quantitative estimate of drug-likeness (QED) is 0.920. The summed E-state index contributed by atoms with van der Waals surface area (Å²) in [5.41, 5.74) is 0.547. The van der Waals surface area contributed by atoms with Gasteiger partial charge in [-0.25, -0.2) is 0 Å². The third kappa shape index (κ3) is 1.78. The first-order valence-corrected chi connectivity index (χ1v) is 5.39. The number of rotatable bonds is 2. The monoisotopic (exact) mass is 283 g/mol. The van der Waals surface area contributed by atoms with Crippen molar-refractivity contribution in [2.24, 2.45) is 0 Å². The molecule has 0 radical (unpaired) electrons. The molecular weight excluding hydrogens is 274 g/mol. The molecule has 0 saturated carbocycles. The van der Waals surface area contributed by atoms with Gasteiger partial charge in [-0.1, -0.05) is 0 Å². The molecule has 0 aliphatic carbocycles. The minimum Gasteiger partial charge on any atom is -0.493 e. The van der Waals surface area contributed by atoms with Gasteiger partial charge < -0.3 is 14.5 Å². The number of hydrogen-bond donors (Lipinski definition) is 1. The Balaban J connectivity index is 2.78. The molecule has 5 heteroatoms. The largest absolute Gasteiger partial charge is 0.493 e. The van der Waals surface area contributed by atoms with E-state index in [4.69, 9.17) is 9.47 Å². The molecule has 2 rings (SSSR count). The molecule has 0 aliphatic rings. The zero-order chi connectivity index (χ0) is 11.7. The Morgan fingerprint density at radius 1 is 1.12 bits per heavy atom. The number of hydrogen-bond acceptors (Lipinski definition) is 3. The van der Waals surface area contributed by atoms with Crippen LogP contribution in [0, 0.1) is 0 Å². The molecule has 0 fully saturated rings. The fourth-order valence-corrected chi connectivity index (χ4v) is 1.85. The van der Waals surface area contributed by atoms with E-state index >= 15 is 0 Å². The van der Waals surface area contributed by atoms with E-state index in [1.165, 1.54) is 0 Å². The van der Waals surface area contributed by atoms with Crippen molar-refractivity contribution in [3.63, 3.8) is 0 Å². The molecule has 1 aromatic heterocycles. The molecule has 84 valence electrons. The average Bonchev–Trinajstić information content (AvgIpc) is 2.29. The van der Waals surface area contributed by atoms with Gasteiger partial charge in [0.15, 0.2) is 11.5 Å². The number of H-pyrrole nitrogens is 1. The van der Waals surface area contributed by atoms with Gasteiger partial charge in [0.2, 0.25) is 0 Å². The predicted octanol–water partition coefficient (Wildman–Crippen LogP) is 2.31. The van der Waals surface area contributed by atoms with Crippen LogP contribution in [-0.4, -0.2) is 19.2 Å². The van der Waals surface area contributed by atoms with Gasteiger partial charge in [0.25, 0.3) is 5.56 Å². The lowest BCUT2D eigenvalue weighted by atomic mass is 10.2. The summed E-state index contributed by atoms with van der Waals surface area (Å²) in [6.45, 7) is 0. The molecule has 1 aromatic carbocycles. The summed E-state index contributed by atoms with van der Waals surface area (Å²) < 4.78 is 10.8. The lowest BCUT2D eigenvalue weighted by Gasteiger charge is -2.08. The molecule has 0 spiro atoms. The zero-order valence-corrected chi connectivity index (χ0v) is 10.4. The van der Waals surface area contributed by atoms with Crippen molar-refractivity contribution in [2.45, 2.75) is 0 Å². The molecule has 0 amide bonds. The van der Waals surface area contributed by atoms with Crippen LogP contribution in [0.15, 0.2) is 27.5 Å². The highest BCUT2D eigenvalue weighted by Gasteiger charge is 2.07. The maximum absolute atomic E-state index is 11.4. The maximum atomic E-state index is 11.4. The van der Waals surface area contributed by atoms with Gasteiger partial charge in [0.05, 0.1) is 24.2 Å². The maximum Gasteiger partial charge on any atom is 0.262 e. The van der Waals surface area contributed by atoms with Crippen molar-refractivity contribution in [1.29, 1.82) is 0 Å². The first kappa shape index (κ1) is 11.0. The van der Waals surface area contributed by atoms with Crippen LogP contribution < -0.4 is 15.0 Å². The number of benzene rings is 1. The number of methoxy groups -OCH3 is 2. The van der Waals surface area contributed by atoms with Gasteiger partial charge in [0.1, 0.15) is 0 Å². The summed E-state index contributed by atoms with van der Waals surface area (Å²) >= 11 is 3.18. The Bertz CT molecular complexity index is 592. The van der Waals surface area contributed by atoms with Crippen molar-refractivity contribution >= 4 is 26.8 Å². The molecule has 0 saturated heterocycles. The molecule has 0 bridgehead atoms. The van der Waals surface area contributed by atoms with Crippen LogP contribution in [0.1, 0.15) is 0 Å². The number of aromatic nitrogens is 1. The summed E-state index contributed by atoms with van der Waals surface area (Å²) in [4.78, 5) is 14.2. The lowest BCUT2D eigenvalue weighted by Crippen LogP contribution is -2.06. The number of halogens is 1. The Morgan fingerprint density at radius 3 is 2.38 bits per heavy atom. The number of aromatic amines is 1. The average molecular weight is 284 g/mol. The van der Waals surface area contributed by atoms with Gasteiger partial charge in [-0.2, -0.15) is 0 Å². The van der Waals surface area contributed by atoms with E-state index in [1.807, 2.05) is 6.07 Å². The summed E-state index contributed by atoms with van der Waals surface area (Å²) in [6, 6.07) is 5.30. The predicted molar refractivity (Wildman–Crippen MR) is 65.4 cm³/mol. The molecular formula is C11H10BrNO3. The van der Waals surface area contributed by atoms with Crippen LogP contribution in [-0.2, 0) is 0 Å². The Morgan fingerprint density at radius 2 is 1.75 bits per heavy atom. The molecule has 0 unspecified atom stereocenters. The van der Waals surface area contributed by atoms with Crippen molar-refractivity contribution in [2.75, 3.05) is 14.2 Å².